The van der Waals surface area contributed by atoms with Gasteiger partial charge in [0.2, 0.25) is 0 Å². The summed E-state index contributed by atoms with van der Waals surface area (Å²) in [6, 6.07) is 52.9. The summed E-state index contributed by atoms with van der Waals surface area (Å²) in [5.74, 6) is 0. The summed E-state index contributed by atoms with van der Waals surface area (Å²) in [6.45, 7) is 0. The van der Waals surface area contributed by atoms with Crippen molar-refractivity contribution in [2.24, 2.45) is 0 Å². The van der Waals surface area contributed by atoms with E-state index in [9.17, 15) is 0 Å². The van der Waals surface area contributed by atoms with Crippen LogP contribution >= 0.6 is 0 Å². The molecule has 0 aliphatic carbocycles. The number of hydrogen-bond donors (Lipinski definition) is 0. The van der Waals surface area contributed by atoms with Crippen LogP contribution in [0.25, 0.3) is 64.6 Å². The smallest absolute Gasteiger partial charge is 0.00204 e. The van der Waals surface area contributed by atoms with E-state index in [1.165, 1.54) is 64.6 Å². The molecule has 0 fully saturated rings. The maximum atomic E-state index is 2.28. The van der Waals surface area contributed by atoms with E-state index in [1.54, 1.807) is 0 Å². The fourth-order valence-corrected chi connectivity index (χ4v) is 5.62. The first-order valence-corrected chi connectivity index (χ1v) is 12.5. The molecule has 0 aliphatic heterocycles. The van der Waals surface area contributed by atoms with E-state index < -0.39 is 0 Å². The van der Waals surface area contributed by atoms with Gasteiger partial charge in [0.15, 0.2) is 0 Å². The minimum atomic E-state index is 1.21. The second-order valence-electron chi connectivity index (χ2n) is 9.31. The molecule has 0 unspecified atom stereocenters. The monoisotopic (exact) mass is 456 g/mol. The van der Waals surface area contributed by atoms with Crippen LogP contribution in [0.15, 0.2) is 146 Å². The average Bonchev–Trinajstić information content (AvgIpc) is 2.94. The van der Waals surface area contributed by atoms with Crippen LogP contribution in [0.2, 0.25) is 0 Å². The van der Waals surface area contributed by atoms with Crippen LogP contribution in [0, 0.1) is 0 Å². The first-order chi connectivity index (χ1) is 17.9. The van der Waals surface area contributed by atoms with Crippen LogP contribution in [0.1, 0.15) is 0 Å². The molecular formula is C36H24. The molecule has 0 spiro atoms. The van der Waals surface area contributed by atoms with Crippen molar-refractivity contribution in [2.75, 3.05) is 0 Å². The van der Waals surface area contributed by atoms with E-state index in [4.69, 9.17) is 0 Å². The van der Waals surface area contributed by atoms with E-state index in [0.29, 0.717) is 0 Å². The van der Waals surface area contributed by atoms with E-state index >= 15 is 0 Å². The molecular weight excluding hydrogens is 432 g/mol. The molecule has 0 amide bonds. The Kier molecular flexibility index (Phi) is 4.89. The summed E-state index contributed by atoms with van der Waals surface area (Å²) in [5.41, 5.74) is 0. The fourth-order valence-electron chi connectivity index (χ4n) is 5.62. The predicted molar refractivity (Wildman–Crippen MR) is 158 cm³/mol. The van der Waals surface area contributed by atoms with E-state index in [0.717, 1.165) is 0 Å². The zero-order valence-electron chi connectivity index (χ0n) is 19.9. The van der Waals surface area contributed by atoms with Gasteiger partial charge in [-0.15, -0.1) is 0 Å². The molecule has 0 aromatic heterocycles. The van der Waals surface area contributed by atoms with Crippen LogP contribution in [-0.2, 0) is 0 Å². The summed E-state index contributed by atoms with van der Waals surface area (Å²) in [7, 11) is 0. The second-order valence-corrected chi connectivity index (χ2v) is 9.31. The van der Waals surface area contributed by atoms with Gasteiger partial charge < -0.3 is 0 Å². The Morgan fingerprint density at radius 1 is 0.194 bits per heavy atom. The lowest BCUT2D eigenvalue weighted by Gasteiger charge is -2.12. The number of fused-ring (bicyclic) bond motifs is 2. The van der Waals surface area contributed by atoms with Gasteiger partial charge in [-0.2, -0.15) is 0 Å². The van der Waals surface area contributed by atoms with Crippen LogP contribution in [0.4, 0.5) is 0 Å². The van der Waals surface area contributed by atoms with Crippen molar-refractivity contribution < 1.29 is 0 Å². The molecule has 0 atom stereocenters. The molecule has 0 nitrogen and oxygen atoms in total. The summed E-state index contributed by atoms with van der Waals surface area (Å²) < 4.78 is 0. The van der Waals surface area contributed by atoms with Crippen molar-refractivity contribution in [3.05, 3.63) is 146 Å². The van der Waals surface area contributed by atoms with Gasteiger partial charge in [-0.25, -0.2) is 0 Å². The third-order valence-corrected chi connectivity index (χ3v) is 7.27. The first kappa shape index (κ1) is 20.7. The first-order valence-electron chi connectivity index (χ1n) is 12.5. The van der Waals surface area contributed by atoms with Crippen LogP contribution in [0.5, 0.6) is 0 Å². The van der Waals surface area contributed by atoms with Gasteiger partial charge in [0.25, 0.3) is 0 Å². The zero-order chi connectivity index (χ0) is 23.9. The highest BCUT2D eigenvalue weighted by atomic mass is 14.1. The molecule has 0 saturated heterocycles. The molecule has 0 saturated carbocycles. The highest BCUT2D eigenvalue weighted by Gasteiger charge is 2.11. The van der Waals surface area contributed by atoms with Crippen LogP contribution in [0.3, 0.4) is 0 Å². The molecule has 0 heteroatoms. The maximum Gasteiger partial charge on any atom is -0.00204 e. The van der Waals surface area contributed by atoms with Crippen molar-refractivity contribution in [1.82, 2.24) is 0 Å². The minimum absolute atomic E-state index is 1.21. The normalized spacial score (nSPS) is 11.3. The largest absolute Gasteiger partial charge is 0.0616 e. The van der Waals surface area contributed by atoms with Crippen molar-refractivity contribution in [3.63, 3.8) is 0 Å². The van der Waals surface area contributed by atoms with E-state index in [-0.39, 0.29) is 0 Å². The Balaban J connectivity index is 1.92. The lowest BCUT2D eigenvalue weighted by Crippen LogP contribution is -1.84. The summed E-state index contributed by atoms with van der Waals surface area (Å²) in [6.07, 6.45) is 0. The van der Waals surface area contributed by atoms with Gasteiger partial charge in [0, 0.05) is 0 Å². The Bertz CT molecular complexity index is 1840. The molecule has 36 heavy (non-hydrogen) atoms. The van der Waals surface area contributed by atoms with Gasteiger partial charge in [-0.1, -0.05) is 146 Å². The highest BCUT2D eigenvalue weighted by Crippen LogP contribution is 2.39. The molecule has 0 N–H and O–H groups in total. The summed E-state index contributed by atoms with van der Waals surface area (Å²) >= 11 is 0. The molecule has 2 bridgehead atoms. The van der Waals surface area contributed by atoms with Gasteiger partial charge in [0.05, 0.1) is 0 Å². The third-order valence-electron chi connectivity index (χ3n) is 7.27. The summed E-state index contributed by atoms with van der Waals surface area (Å²) in [4.78, 5) is 0. The lowest BCUT2D eigenvalue weighted by molar-refractivity contribution is 1.77. The number of hydrogen-bond acceptors (Lipinski definition) is 0. The van der Waals surface area contributed by atoms with Crippen molar-refractivity contribution in [1.29, 1.82) is 0 Å². The van der Waals surface area contributed by atoms with Crippen LogP contribution < -0.4 is 0 Å². The standard InChI is InChI=1S/C36H24/c1-2-12-26-22-24-28-14-4-6-16-30(28)36-33-19-9-7-17-31(33)35(32-18-8-10-20-34(32)36)29-15-5-3-13-27(29)23-21-25(26)11-1/h1-24H. The molecule has 0 aliphatic rings. The SMILES string of the molecule is c1ccc2ccc3ccccc3c3c4ccccc4c(c4ccccc4ccc2c1)c1ccccc13. The van der Waals surface area contributed by atoms with Gasteiger partial charge in [-0.3, -0.25) is 0 Å². The van der Waals surface area contributed by atoms with E-state index in [2.05, 4.69) is 146 Å². The zero-order valence-corrected chi connectivity index (χ0v) is 19.9. The van der Waals surface area contributed by atoms with Crippen molar-refractivity contribution in [3.8, 4) is 0 Å². The predicted octanol–water partition coefficient (Wildman–Crippen LogP) is 10.3. The number of rotatable bonds is 0. The van der Waals surface area contributed by atoms with Crippen molar-refractivity contribution in [2.45, 2.75) is 0 Å². The molecule has 8 rings (SSSR count). The Labute approximate surface area is 210 Å². The quantitative estimate of drug-likeness (QED) is 0.199. The molecule has 0 heterocycles. The minimum Gasteiger partial charge on any atom is -0.0616 e. The van der Waals surface area contributed by atoms with Crippen LogP contribution in [-0.4, -0.2) is 0 Å². The Hall–Kier alpha value is -4.68. The van der Waals surface area contributed by atoms with Gasteiger partial charge in [0.1, 0.15) is 0 Å². The highest BCUT2D eigenvalue weighted by molar-refractivity contribution is 6.34. The second kappa shape index (κ2) is 8.52. The topological polar surface area (TPSA) is 0 Å². The molecule has 0 radical (unpaired) electrons. The molecule has 8 aromatic rings. The Morgan fingerprint density at radius 2 is 0.444 bits per heavy atom. The lowest BCUT2D eigenvalue weighted by atomic mass is 9.91. The average molecular weight is 457 g/mol. The van der Waals surface area contributed by atoms with Crippen molar-refractivity contribution >= 4 is 64.6 Å². The fraction of sp³-hybridized carbons (Fsp3) is 0. The van der Waals surface area contributed by atoms with Gasteiger partial charge in [-0.05, 0) is 64.6 Å². The van der Waals surface area contributed by atoms with E-state index in [1.807, 2.05) is 0 Å². The third kappa shape index (κ3) is 3.31. The molecule has 8 aromatic carbocycles. The Morgan fingerprint density at radius 3 is 0.806 bits per heavy atom. The van der Waals surface area contributed by atoms with Gasteiger partial charge >= 0.3 is 0 Å². The maximum absolute atomic E-state index is 2.28. The summed E-state index contributed by atoms with van der Waals surface area (Å²) in [5, 5.41) is 15.1. The molecule has 168 valence electrons. The number of benzene rings is 6.